The zero-order valence-electron chi connectivity index (χ0n) is 25.6. The molecular formula is C37H34N2O6S. The summed E-state index contributed by atoms with van der Waals surface area (Å²) in [6.07, 6.45) is 4.15. The number of aromatic carboxylic acids is 1. The fourth-order valence-corrected chi connectivity index (χ4v) is 5.81. The van der Waals surface area contributed by atoms with E-state index in [1.807, 2.05) is 79.7 Å². The van der Waals surface area contributed by atoms with Crippen molar-refractivity contribution in [3.05, 3.63) is 136 Å². The molecule has 1 saturated heterocycles. The van der Waals surface area contributed by atoms with E-state index < -0.39 is 5.97 Å². The van der Waals surface area contributed by atoms with E-state index in [9.17, 15) is 14.7 Å². The highest BCUT2D eigenvalue weighted by Gasteiger charge is 2.33. The summed E-state index contributed by atoms with van der Waals surface area (Å²) in [6.45, 7) is 6.80. The maximum absolute atomic E-state index is 13.9. The Labute approximate surface area is 272 Å². The van der Waals surface area contributed by atoms with Crippen molar-refractivity contribution in [2.45, 2.75) is 26.5 Å². The van der Waals surface area contributed by atoms with E-state index in [1.165, 1.54) is 11.8 Å². The molecule has 0 spiro atoms. The first kappa shape index (κ1) is 32.1. The Kier molecular flexibility index (Phi) is 10.6. The number of ether oxygens (including phenoxy) is 3. The van der Waals surface area contributed by atoms with Gasteiger partial charge in [0.15, 0.2) is 16.7 Å². The highest BCUT2D eigenvalue weighted by atomic mass is 32.2. The second-order valence-corrected chi connectivity index (χ2v) is 11.3. The number of aliphatic imine (C=N–C) groups is 1. The number of hydrogen-bond acceptors (Lipinski definition) is 7. The zero-order valence-corrected chi connectivity index (χ0v) is 26.5. The van der Waals surface area contributed by atoms with Crippen LogP contribution in [0.1, 0.15) is 39.5 Å². The Bertz CT molecular complexity index is 1770. The molecule has 0 unspecified atom stereocenters. The van der Waals surface area contributed by atoms with Gasteiger partial charge in [-0.25, -0.2) is 9.79 Å². The molecule has 1 fully saturated rings. The SMILES string of the molecule is C=CCc1cc(/C=C2\SC(=Nc3ccccc3)N(Cc3ccc(OC)cc3)C2=O)cc(OCC)c1OCc1ccc(C(=O)O)cc1. The van der Waals surface area contributed by atoms with Gasteiger partial charge in [-0.1, -0.05) is 48.5 Å². The second-order valence-electron chi connectivity index (χ2n) is 10.3. The molecule has 46 heavy (non-hydrogen) atoms. The Balaban J connectivity index is 1.47. The molecule has 0 bridgehead atoms. The lowest BCUT2D eigenvalue weighted by Crippen LogP contribution is -2.28. The van der Waals surface area contributed by atoms with Crippen molar-refractivity contribution in [1.29, 1.82) is 0 Å². The number of thioether (sulfide) groups is 1. The number of carbonyl (C=O) groups is 2. The van der Waals surface area contributed by atoms with Crippen LogP contribution in [0, 0.1) is 0 Å². The quantitative estimate of drug-likeness (QED) is 0.118. The van der Waals surface area contributed by atoms with Crippen molar-refractivity contribution in [2.24, 2.45) is 4.99 Å². The number of benzene rings is 4. The van der Waals surface area contributed by atoms with Crippen molar-refractivity contribution < 1.29 is 28.9 Å². The summed E-state index contributed by atoms with van der Waals surface area (Å²) >= 11 is 1.33. The summed E-state index contributed by atoms with van der Waals surface area (Å²) in [5.41, 5.74) is 4.35. The highest BCUT2D eigenvalue weighted by molar-refractivity contribution is 8.18. The third-order valence-electron chi connectivity index (χ3n) is 7.07. The van der Waals surface area contributed by atoms with Crippen LogP contribution in [0.4, 0.5) is 5.69 Å². The largest absolute Gasteiger partial charge is 0.497 e. The summed E-state index contributed by atoms with van der Waals surface area (Å²) in [7, 11) is 1.62. The van der Waals surface area contributed by atoms with Gasteiger partial charge in [0.2, 0.25) is 0 Å². The Morgan fingerprint density at radius 2 is 1.70 bits per heavy atom. The highest BCUT2D eigenvalue weighted by Crippen LogP contribution is 2.39. The van der Waals surface area contributed by atoms with Gasteiger partial charge >= 0.3 is 5.97 Å². The molecule has 0 saturated carbocycles. The molecule has 234 valence electrons. The molecule has 0 aliphatic carbocycles. The minimum atomic E-state index is -0.981. The van der Waals surface area contributed by atoms with Crippen LogP contribution >= 0.6 is 11.8 Å². The van der Waals surface area contributed by atoms with Crippen LogP contribution in [-0.2, 0) is 24.4 Å². The first-order valence-electron chi connectivity index (χ1n) is 14.7. The Morgan fingerprint density at radius 1 is 0.978 bits per heavy atom. The van der Waals surface area contributed by atoms with E-state index in [1.54, 1.807) is 42.4 Å². The van der Waals surface area contributed by atoms with E-state index in [2.05, 4.69) is 6.58 Å². The first-order chi connectivity index (χ1) is 22.4. The predicted molar refractivity (Wildman–Crippen MR) is 182 cm³/mol. The fourth-order valence-electron chi connectivity index (χ4n) is 4.81. The second kappa shape index (κ2) is 15.1. The van der Waals surface area contributed by atoms with Crippen molar-refractivity contribution in [3.63, 3.8) is 0 Å². The number of para-hydroxylation sites is 1. The summed E-state index contributed by atoms with van der Waals surface area (Å²) in [6, 6.07) is 27.6. The lowest BCUT2D eigenvalue weighted by atomic mass is 10.0. The smallest absolute Gasteiger partial charge is 0.335 e. The number of carbonyl (C=O) groups excluding carboxylic acids is 1. The molecule has 1 heterocycles. The van der Waals surface area contributed by atoms with Gasteiger partial charge < -0.3 is 19.3 Å². The number of rotatable bonds is 13. The number of carboxylic acids is 1. The molecule has 0 atom stereocenters. The van der Waals surface area contributed by atoms with Gasteiger partial charge in [-0.3, -0.25) is 9.69 Å². The molecule has 1 aliphatic heterocycles. The van der Waals surface area contributed by atoms with E-state index in [0.717, 1.165) is 33.7 Å². The summed E-state index contributed by atoms with van der Waals surface area (Å²) < 4.78 is 17.5. The number of amides is 1. The van der Waals surface area contributed by atoms with Crippen molar-refractivity contribution in [2.75, 3.05) is 13.7 Å². The minimum Gasteiger partial charge on any atom is -0.497 e. The predicted octanol–water partition coefficient (Wildman–Crippen LogP) is 7.90. The van der Waals surface area contributed by atoms with Crippen LogP contribution in [0.5, 0.6) is 17.2 Å². The van der Waals surface area contributed by atoms with E-state index in [-0.39, 0.29) is 18.1 Å². The maximum atomic E-state index is 13.9. The number of amidine groups is 1. The molecular weight excluding hydrogens is 600 g/mol. The van der Waals surface area contributed by atoms with E-state index in [0.29, 0.717) is 41.1 Å². The lowest BCUT2D eigenvalue weighted by molar-refractivity contribution is -0.122. The summed E-state index contributed by atoms with van der Waals surface area (Å²) in [5.74, 6) is 0.728. The third kappa shape index (κ3) is 7.86. The fraction of sp³-hybridized carbons (Fsp3) is 0.162. The standard InChI is InChI=1S/C37H34N2O6S/c1-4-9-29-20-27(21-32(44-5-2)34(29)45-24-26-12-16-28(17-13-26)36(41)42)22-33-35(40)39(23-25-14-18-31(43-3)19-15-25)37(46-33)38-30-10-7-6-8-11-30/h4,6-8,10-22H,1,5,9,23-24H2,2-3H3,(H,41,42)/b33-22-,38-37?. The molecule has 5 rings (SSSR count). The lowest BCUT2D eigenvalue weighted by Gasteiger charge is -2.17. The molecule has 9 heteroatoms. The molecule has 1 N–H and O–H groups in total. The number of methoxy groups -OCH3 is 1. The molecule has 4 aromatic carbocycles. The van der Waals surface area contributed by atoms with Gasteiger partial charge in [0, 0.05) is 5.56 Å². The van der Waals surface area contributed by atoms with Gasteiger partial charge in [0.05, 0.1) is 36.4 Å². The maximum Gasteiger partial charge on any atom is 0.335 e. The molecule has 1 aliphatic rings. The van der Waals surface area contributed by atoms with Crippen LogP contribution in [0.2, 0.25) is 0 Å². The topological polar surface area (TPSA) is 97.7 Å². The van der Waals surface area contributed by atoms with Crippen LogP contribution in [0.15, 0.2) is 114 Å². The van der Waals surface area contributed by atoms with E-state index >= 15 is 0 Å². The molecule has 4 aromatic rings. The Hall–Kier alpha value is -5.28. The molecule has 0 radical (unpaired) electrons. The number of allylic oxidation sites excluding steroid dienone is 1. The van der Waals surface area contributed by atoms with Crippen LogP contribution < -0.4 is 14.2 Å². The summed E-state index contributed by atoms with van der Waals surface area (Å²) in [4.78, 5) is 32.1. The molecule has 1 amide bonds. The average Bonchev–Trinajstić information content (AvgIpc) is 3.34. The normalized spacial score (nSPS) is 14.5. The van der Waals surface area contributed by atoms with Crippen molar-refractivity contribution in [1.82, 2.24) is 4.90 Å². The number of carboxylic acid groups (broad SMARTS) is 1. The monoisotopic (exact) mass is 634 g/mol. The van der Waals surface area contributed by atoms with Crippen LogP contribution in [-0.4, -0.2) is 40.8 Å². The first-order valence-corrected chi connectivity index (χ1v) is 15.5. The summed E-state index contributed by atoms with van der Waals surface area (Å²) in [5, 5.41) is 9.79. The molecule has 8 nitrogen and oxygen atoms in total. The van der Waals surface area contributed by atoms with Gasteiger partial charge in [-0.05, 0) is 96.4 Å². The zero-order chi connectivity index (χ0) is 32.5. The van der Waals surface area contributed by atoms with Crippen LogP contribution in [0.3, 0.4) is 0 Å². The molecule has 0 aromatic heterocycles. The average molecular weight is 635 g/mol. The van der Waals surface area contributed by atoms with E-state index in [4.69, 9.17) is 19.2 Å². The third-order valence-corrected chi connectivity index (χ3v) is 8.08. The van der Waals surface area contributed by atoms with Crippen LogP contribution in [0.25, 0.3) is 6.08 Å². The van der Waals surface area contributed by atoms with Crippen molar-refractivity contribution >= 4 is 40.6 Å². The Morgan fingerprint density at radius 3 is 2.35 bits per heavy atom. The van der Waals surface area contributed by atoms with Gasteiger partial charge in [0.1, 0.15) is 12.4 Å². The van der Waals surface area contributed by atoms with Gasteiger partial charge in [-0.15, -0.1) is 6.58 Å². The van der Waals surface area contributed by atoms with Gasteiger partial charge in [-0.2, -0.15) is 0 Å². The van der Waals surface area contributed by atoms with Crippen molar-refractivity contribution in [3.8, 4) is 17.2 Å². The number of hydrogen-bond donors (Lipinski definition) is 1. The minimum absolute atomic E-state index is 0.149. The number of nitrogens with zero attached hydrogens (tertiary/aromatic N) is 2. The van der Waals surface area contributed by atoms with Gasteiger partial charge in [0.25, 0.3) is 5.91 Å².